The van der Waals surface area contributed by atoms with Crippen molar-refractivity contribution in [3.8, 4) is 0 Å². The van der Waals surface area contributed by atoms with Crippen molar-refractivity contribution in [1.82, 2.24) is 4.98 Å². The number of hydrogen-bond acceptors (Lipinski definition) is 4. The van der Waals surface area contributed by atoms with Crippen LogP contribution < -0.4 is 10.6 Å². The number of anilines is 1. The van der Waals surface area contributed by atoms with Gasteiger partial charge in [0.1, 0.15) is 5.82 Å². The molecule has 1 aliphatic heterocycles. The van der Waals surface area contributed by atoms with E-state index < -0.39 is 0 Å². The Morgan fingerprint density at radius 1 is 1.50 bits per heavy atom. The van der Waals surface area contributed by atoms with Gasteiger partial charge < -0.3 is 15.7 Å². The Labute approximate surface area is 83.4 Å². The molecule has 3 N–H and O–H groups in total. The molecule has 14 heavy (non-hydrogen) atoms. The SMILES string of the molecule is NC1CN(c2ccccn2)CCC1O. The summed E-state index contributed by atoms with van der Waals surface area (Å²) in [5.41, 5.74) is 5.79. The van der Waals surface area contributed by atoms with Gasteiger partial charge >= 0.3 is 0 Å². The van der Waals surface area contributed by atoms with E-state index in [1.165, 1.54) is 0 Å². The number of rotatable bonds is 1. The molecule has 1 fully saturated rings. The second-order valence-electron chi connectivity index (χ2n) is 3.65. The summed E-state index contributed by atoms with van der Waals surface area (Å²) in [7, 11) is 0. The Bertz CT molecular complexity index is 291. The molecule has 1 aliphatic rings. The number of hydrogen-bond donors (Lipinski definition) is 2. The quantitative estimate of drug-likeness (QED) is 0.658. The average molecular weight is 193 g/mol. The van der Waals surface area contributed by atoms with Crippen LogP contribution in [-0.4, -0.2) is 35.3 Å². The van der Waals surface area contributed by atoms with Crippen molar-refractivity contribution < 1.29 is 5.11 Å². The van der Waals surface area contributed by atoms with E-state index in [2.05, 4.69) is 9.88 Å². The maximum absolute atomic E-state index is 9.47. The van der Waals surface area contributed by atoms with E-state index in [9.17, 15) is 5.11 Å². The first-order chi connectivity index (χ1) is 6.77. The van der Waals surface area contributed by atoms with E-state index in [-0.39, 0.29) is 12.1 Å². The van der Waals surface area contributed by atoms with E-state index in [0.717, 1.165) is 18.8 Å². The van der Waals surface area contributed by atoms with Gasteiger partial charge in [-0.15, -0.1) is 0 Å². The number of nitrogens with two attached hydrogens (primary N) is 1. The lowest BCUT2D eigenvalue weighted by Gasteiger charge is -2.34. The largest absolute Gasteiger partial charge is 0.391 e. The van der Waals surface area contributed by atoms with Gasteiger partial charge in [0.2, 0.25) is 0 Å². The normalized spacial score (nSPS) is 27.7. The van der Waals surface area contributed by atoms with Crippen LogP contribution in [0.1, 0.15) is 6.42 Å². The molecule has 76 valence electrons. The summed E-state index contributed by atoms with van der Waals surface area (Å²) >= 11 is 0. The van der Waals surface area contributed by atoms with Crippen LogP contribution in [0.15, 0.2) is 24.4 Å². The molecule has 2 atom stereocenters. The van der Waals surface area contributed by atoms with Gasteiger partial charge in [-0.05, 0) is 18.6 Å². The maximum Gasteiger partial charge on any atom is 0.128 e. The Morgan fingerprint density at radius 3 is 3.00 bits per heavy atom. The fourth-order valence-corrected chi connectivity index (χ4v) is 1.72. The number of nitrogens with zero attached hydrogens (tertiary/aromatic N) is 2. The third kappa shape index (κ3) is 1.86. The highest BCUT2D eigenvalue weighted by Crippen LogP contribution is 2.16. The lowest BCUT2D eigenvalue weighted by atomic mass is 10.0. The molecule has 0 amide bonds. The molecule has 1 saturated heterocycles. The van der Waals surface area contributed by atoms with Gasteiger partial charge in [0.25, 0.3) is 0 Å². The topological polar surface area (TPSA) is 62.4 Å². The third-order valence-electron chi connectivity index (χ3n) is 2.59. The Balaban J connectivity index is 2.07. The van der Waals surface area contributed by atoms with Gasteiger partial charge in [-0.1, -0.05) is 6.07 Å². The number of piperidine rings is 1. The summed E-state index contributed by atoms with van der Waals surface area (Å²) in [5, 5.41) is 9.47. The second-order valence-corrected chi connectivity index (χ2v) is 3.65. The van der Waals surface area contributed by atoms with Crippen LogP contribution in [0, 0.1) is 0 Å². The number of aromatic nitrogens is 1. The second kappa shape index (κ2) is 3.94. The molecule has 0 bridgehead atoms. The van der Waals surface area contributed by atoms with Gasteiger partial charge in [0, 0.05) is 25.3 Å². The first kappa shape index (κ1) is 9.43. The molecule has 4 nitrogen and oxygen atoms in total. The molecule has 0 radical (unpaired) electrons. The molecule has 2 heterocycles. The smallest absolute Gasteiger partial charge is 0.128 e. The highest BCUT2D eigenvalue weighted by molar-refractivity contribution is 5.38. The van der Waals surface area contributed by atoms with Crippen molar-refractivity contribution >= 4 is 5.82 Å². The van der Waals surface area contributed by atoms with Crippen LogP contribution in [0.2, 0.25) is 0 Å². The van der Waals surface area contributed by atoms with E-state index in [1.807, 2.05) is 18.2 Å². The van der Waals surface area contributed by atoms with Crippen LogP contribution in [0.4, 0.5) is 5.82 Å². The van der Waals surface area contributed by atoms with Crippen molar-refractivity contribution in [2.24, 2.45) is 5.73 Å². The summed E-state index contributed by atoms with van der Waals surface area (Å²) in [6.07, 6.45) is 2.12. The van der Waals surface area contributed by atoms with Crippen molar-refractivity contribution in [3.05, 3.63) is 24.4 Å². The number of aliphatic hydroxyl groups excluding tert-OH is 1. The zero-order valence-electron chi connectivity index (χ0n) is 8.00. The lowest BCUT2D eigenvalue weighted by Crippen LogP contribution is -2.51. The van der Waals surface area contributed by atoms with E-state index >= 15 is 0 Å². The molecule has 0 saturated carbocycles. The van der Waals surface area contributed by atoms with Gasteiger partial charge in [-0.3, -0.25) is 0 Å². The minimum Gasteiger partial charge on any atom is -0.391 e. The molecule has 1 aromatic heterocycles. The van der Waals surface area contributed by atoms with Crippen LogP contribution in [0.3, 0.4) is 0 Å². The fourth-order valence-electron chi connectivity index (χ4n) is 1.72. The summed E-state index contributed by atoms with van der Waals surface area (Å²) in [6.45, 7) is 1.50. The van der Waals surface area contributed by atoms with Crippen LogP contribution in [0.25, 0.3) is 0 Å². The van der Waals surface area contributed by atoms with E-state index in [0.29, 0.717) is 6.54 Å². The van der Waals surface area contributed by atoms with Gasteiger partial charge in [0.15, 0.2) is 0 Å². The number of pyridine rings is 1. The van der Waals surface area contributed by atoms with Gasteiger partial charge in [0.05, 0.1) is 6.10 Å². The van der Waals surface area contributed by atoms with Crippen molar-refractivity contribution in [3.63, 3.8) is 0 Å². The summed E-state index contributed by atoms with van der Waals surface area (Å²) in [4.78, 5) is 6.36. The summed E-state index contributed by atoms with van der Waals surface area (Å²) in [6, 6.07) is 5.65. The van der Waals surface area contributed by atoms with Crippen LogP contribution >= 0.6 is 0 Å². The Kier molecular flexibility index (Phi) is 2.65. The molecular formula is C10H15N3O. The molecule has 2 unspecified atom stereocenters. The van der Waals surface area contributed by atoms with Crippen molar-refractivity contribution in [2.75, 3.05) is 18.0 Å². The maximum atomic E-state index is 9.47. The first-order valence-corrected chi connectivity index (χ1v) is 4.87. The Morgan fingerprint density at radius 2 is 2.36 bits per heavy atom. The minimum atomic E-state index is -0.366. The summed E-state index contributed by atoms with van der Waals surface area (Å²) in [5.74, 6) is 0.940. The highest BCUT2D eigenvalue weighted by atomic mass is 16.3. The predicted octanol–water partition coefficient (Wildman–Crippen LogP) is -0.0201. The van der Waals surface area contributed by atoms with Crippen molar-refractivity contribution in [2.45, 2.75) is 18.6 Å². The summed E-state index contributed by atoms with van der Waals surface area (Å²) < 4.78 is 0. The monoisotopic (exact) mass is 193 g/mol. The molecular weight excluding hydrogens is 178 g/mol. The van der Waals surface area contributed by atoms with Gasteiger partial charge in [-0.25, -0.2) is 4.98 Å². The standard InChI is InChI=1S/C10H15N3O/c11-8-7-13(6-4-9(8)14)10-3-1-2-5-12-10/h1-3,5,8-9,14H,4,6-7,11H2. The molecule has 1 aromatic rings. The zero-order valence-corrected chi connectivity index (χ0v) is 8.00. The predicted molar refractivity (Wildman–Crippen MR) is 55.0 cm³/mol. The molecule has 0 spiro atoms. The fraction of sp³-hybridized carbons (Fsp3) is 0.500. The zero-order chi connectivity index (χ0) is 9.97. The molecule has 4 heteroatoms. The van der Waals surface area contributed by atoms with Crippen LogP contribution in [-0.2, 0) is 0 Å². The highest BCUT2D eigenvalue weighted by Gasteiger charge is 2.24. The third-order valence-corrected chi connectivity index (χ3v) is 2.59. The first-order valence-electron chi connectivity index (χ1n) is 4.87. The lowest BCUT2D eigenvalue weighted by molar-refractivity contribution is 0.124. The Hall–Kier alpha value is -1.13. The molecule has 0 aromatic carbocycles. The van der Waals surface area contributed by atoms with Gasteiger partial charge in [-0.2, -0.15) is 0 Å². The van der Waals surface area contributed by atoms with Crippen molar-refractivity contribution in [1.29, 1.82) is 0 Å². The minimum absolute atomic E-state index is 0.161. The van der Waals surface area contributed by atoms with E-state index in [1.54, 1.807) is 6.20 Å². The average Bonchev–Trinajstić information content (AvgIpc) is 2.23. The van der Waals surface area contributed by atoms with Crippen LogP contribution in [0.5, 0.6) is 0 Å². The van der Waals surface area contributed by atoms with E-state index in [4.69, 9.17) is 5.73 Å². The number of aliphatic hydroxyl groups is 1. The molecule has 0 aliphatic carbocycles. The molecule has 2 rings (SSSR count).